The molecule has 214 valence electrons. The average Bonchev–Trinajstić information content (AvgIpc) is 3.42. The molecule has 3 aromatic carbocycles. The van der Waals surface area contributed by atoms with Crippen molar-refractivity contribution in [2.24, 2.45) is 0 Å². The molecule has 5 aliphatic heterocycles. The number of benzene rings is 3. The molecule has 8 heteroatoms. The number of carbonyl (C=O) groups excluding carboxylic acids is 2. The van der Waals surface area contributed by atoms with Crippen molar-refractivity contribution in [1.82, 2.24) is 19.9 Å². The fourth-order valence-electron chi connectivity index (χ4n) is 5.84. The smallest absolute Gasteiger partial charge is 0.293 e. The summed E-state index contributed by atoms with van der Waals surface area (Å²) in [6.07, 6.45) is 2.69. The highest BCUT2D eigenvalue weighted by molar-refractivity contribution is 5.94. The minimum atomic E-state index is 0.107. The Hall–Kier alpha value is -4.04. The van der Waals surface area contributed by atoms with Crippen molar-refractivity contribution in [2.45, 2.75) is 59.0 Å². The normalized spacial score (nSPS) is 16.9. The first-order valence-electron chi connectivity index (χ1n) is 14.5. The van der Waals surface area contributed by atoms with Crippen molar-refractivity contribution < 1.29 is 19.1 Å². The van der Waals surface area contributed by atoms with E-state index in [-0.39, 0.29) is 11.8 Å². The van der Waals surface area contributed by atoms with Gasteiger partial charge in [-0.1, -0.05) is 48.5 Å². The topological polar surface area (TPSA) is 86.6 Å². The zero-order valence-electron chi connectivity index (χ0n) is 24.1. The van der Waals surface area contributed by atoms with Gasteiger partial charge in [-0.2, -0.15) is 0 Å². The number of aryl methyl sites for hydroxylation is 1. The number of carbonyl (C=O) groups is 2. The molecular formula is C33H38N4O4. The van der Waals surface area contributed by atoms with Crippen molar-refractivity contribution in [3.63, 3.8) is 0 Å². The van der Waals surface area contributed by atoms with Crippen molar-refractivity contribution in [2.75, 3.05) is 26.4 Å². The Kier molecular flexibility index (Phi) is 9.09. The first kappa shape index (κ1) is 28.5. The van der Waals surface area contributed by atoms with E-state index in [9.17, 15) is 9.59 Å². The third-order valence-corrected chi connectivity index (χ3v) is 8.12. The molecule has 0 saturated carbocycles. The zero-order valence-corrected chi connectivity index (χ0v) is 24.1. The third-order valence-electron chi connectivity index (χ3n) is 8.12. The molecule has 1 aromatic heterocycles. The minimum Gasteiger partial charge on any atom is -0.468 e. The van der Waals surface area contributed by atoms with Gasteiger partial charge in [0.15, 0.2) is 0 Å². The average molecular weight is 555 g/mol. The Bertz CT molecular complexity index is 1510. The lowest BCUT2D eigenvalue weighted by atomic mass is 9.84. The van der Waals surface area contributed by atoms with Crippen LogP contribution in [0.5, 0.6) is 0 Å². The molecule has 1 atom stereocenters. The van der Waals surface area contributed by atoms with Crippen LogP contribution in [0.15, 0.2) is 54.6 Å². The maximum Gasteiger partial charge on any atom is 0.293 e. The SMILES string of the molecule is CCC1c2ccc3c(c2)CN(CC3)C(=O)c2ccc(cc2)CCOCCn2nnc3c(C)c1ccc32.CCOC=O. The highest BCUT2D eigenvalue weighted by Gasteiger charge is 2.24. The summed E-state index contributed by atoms with van der Waals surface area (Å²) < 4.78 is 12.0. The summed E-state index contributed by atoms with van der Waals surface area (Å²) >= 11 is 0. The second kappa shape index (κ2) is 13.1. The van der Waals surface area contributed by atoms with Crippen LogP contribution >= 0.6 is 0 Å². The van der Waals surface area contributed by atoms with Gasteiger partial charge in [0, 0.05) is 24.6 Å². The minimum absolute atomic E-state index is 0.107. The molecule has 0 aliphatic carbocycles. The molecule has 0 radical (unpaired) electrons. The molecule has 1 amide bonds. The van der Waals surface area contributed by atoms with Crippen LogP contribution in [0.1, 0.15) is 69.9 Å². The summed E-state index contributed by atoms with van der Waals surface area (Å²) in [5, 5.41) is 8.98. The Labute approximate surface area is 241 Å². The quantitative estimate of drug-likeness (QED) is 0.322. The van der Waals surface area contributed by atoms with Crippen LogP contribution in [-0.2, 0) is 40.2 Å². The number of nitrogens with zero attached hydrogens (tertiary/aromatic N) is 4. The van der Waals surface area contributed by atoms with Crippen molar-refractivity contribution >= 4 is 23.4 Å². The van der Waals surface area contributed by atoms with E-state index in [4.69, 9.17) is 4.74 Å². The number of ether oxygens (including phenoxy) is 2. The first-order valence-corrected chi connectivity index (χ1v) is 14.5. The number of hydrogen-bond acceptors (Lipinski definition) is 6. The molecular weight excluding hydrogens is 516 g/mol. The second-order valence-electron chi connectivity index (χ2n) is 10.5. The van der Waals surface area contributed by atoms with Crippen molar-refractivity contribution in [3.8, 4) is 0 Å². The number of amides is 1. The van der Waals surface area contributed by atoms with Crippen LogP contribution in [-0.4, -0.2) is 58.6 Å². The van der Waals surface area contributed by atoms with E-state index in [0.717, 1.165) is 42.4 Å². The fourth-order valence-corrected chi connectivity index (χ4v) is 5.84. The van der Waals surface area contributed by atoms with Gasteiger partial charge in [0.2, 0.25) is 0 Å². The summed E-state index contributed by atoms with van der Waals surface area (Å²) in [7, 11) is 0. The van der Waals surface area contributed by atoms with Crippen molar-refractivity contribution in [1.29, 1.82) is 0 Å². The van der Waals surface area contributed by atoms with Gasteiger partial charge in [0.05, 0.1) is 31.9 Å². The molecule has 1 unspecified atom stereocenters. The van der Waals surface area contributed by atoms with Crippen LogP contribution in [0.4, 0.5) is 0 Å². The lowest BCUT2D eigenvalue weighted by Crippen LogP contribution is -2.36. The summed E-state index contributed by atoms with van der Waals surface area (Å²) in [5.41, 5.74) is 10.3. The summed E-state index contributed by atoms with van der Waals surface area (Å²) in [6.45, 7) is 10.4. The first-order chi connectivity index (χ1) is 20.0. The highest BCUT2D eigenvalue weighted by atomic mass is 16.5. The molecule has 9 rings (SSSR count). The fraction of sp³-hybridized carbons (Fsp3) is 0.394. The maximum atomic E-state index is 13.3. The lowest BCUT2D eigenvalue weighted by Gasteiger charge is -2.30. The lowest BCUT2D eigenvalue weighted by molar-refractivity contribution is -0.128. The Morgan fingerprint density at radius 1 is 1.00 bits per heavy atom. The van der Waals surface area contributed by atoms with Crippen LogP contribution in [0.25, 0.3) is 11.0 Å². The Morgan fingerprint density at radius 2 is 1.83 bits per heavy atom. The molecule has 41 heavy (non-hydrogen) atoms. The van der Waals surface area contributed by atoms with Gasteiger partial charge in [-0.15, -0.1) is 5.10 Å². The molecule has 4 aromatic rings. The van der Waals surface area contributed by atoms with E-state index in [0.29, 0.717) is 39.4 Å². The second-order valence-corrected chi connectivity index (χ2v) is 10.5. The molecule has 9 bridgehead atoms. The van der Waals surface area contributed by atoms with Gasteiger partial charge in [-0.05, 0) is 84.7 Å². The predicted octanol–water partition coefficient (Wildman–Crippen LogP) is 5.23. The van der Waals surface area contributed by atoms with Gasteiger partial charge in [0.25, 0.3) is 12.4 Å². The molecule has 0 saturated heterocycles. The van der Waals surface area contributed by atoms with Gasteiger partial charge in [-0.3, -0.25) is 9.59 Å². The van der Waals surface area contributed by atoms with E-state index in [2.05, 4.69) is 59.2 Å². The van der Waals surface area contributed by atoms with E-state index < -0.39 is 0 Å². The van der Waals surface area contributed by atoms with E-state index in [1.807, 2.05) is 33.8 Å². The third kappa shape index (κ3) is 6.17. The van der Waals surface area contributed by atoms with Crippen LogP contribution < -0.4 is 0 Å². The zero-order chi connectivity index (χ0) is 28.8. The highest BCUT2D eigenvalue weighted by Crippen LogP contribution is 2.35. The molecule has 8 nitrogen and oxygen atoms in total. The standard InChI is InChI=1S/C30H32N4O2.C3H6O2/c1-3-26-24-9-8-22-12-14-33(19-25(22)18-24)30(35)23-6-4-21(5-7-23)13-16-36-17-15-34-28-11-10-27(26)20(2)29(28)31-32-34;1-2-5-3-4/h4-11,18,26H,3,12-17,19H2,1-2H3;3H,2H2,1H3. The van der Waals surface area contributed by atoms with Gasteiger partial charge < -0.3 is 14.4 Å². The van der Waals surface area contributed by atoms with Gasteiger partial charge in [0.1, 0.15) is 5.52 Å². The van der Waals surface area contributed by atoms with Crippen molar-refractivity contribution in [3.05, 3.63) is 93.5 Å². The molecule has 0 N–H and O–H groups in total. The van der Waals surface area contributed by atoms with Gasteiger partial charge >= 0.3 is 0 Å². The molecule has 0 fully saturated rings. The molecule has 5 aliphatic rings. The van der Waals surface area contributed by atoms with Crippen LogP contribution in [0, 0.1) is 6.92 Å². The largest absolute Gasteiger partial charge is 0.468 e. The van der Waals surface area contributed by atoms with Crippen LogP contribution in [0.2, 0.25) is 0 Å². The van der Waals surface area contributed by atoms with E-state index in [1.165, 1.54) is 33.4 Å². The van der Waals surface area contributed by atoms with Crippen LogP contribution in [0.3, 0.4) is 0 Å². The number of hydrogen-bond donors (Lipinski definition) is 0. The van der Waals surface area contributed by atoms with E-state index in [1.54, 1.807) is 6.92 Å². The summed E-state index contributed by atoms with van der Waals surface area (Å²) in [6, 6.07) is 19.3. The molecule has 6 heterocycles. The Balaban J connectivity index is 0.000000623. The number of rotatable bonds is 3. The Morgan fingerprint density at radius 3 is 2.56 bits per heavy atom. The number of aromatic nitrogens is 3. The molecule has 0 spiro atoms. The summed E-state index contributed by atoms with van der Waals surface area (Å²) in [4.78, 5) is 24.5. The predicted molar refractivity (Wildman–Crippen MR) is 158 cm³/mol. The van der Waals surface area contributed by atoms with E-state index >= 15 is 0 Å². The summed E-state index contributed by atoms with van der Waals surface area (Å²) in [5.74, 6) is 0.372. The van der Waals surface area contributed by atoms with Gasteiger partial charge in [-0.25, -0.2) is 4.68 Å². The monoisotopic (exact) mass is 554 g/mol. The maximum absolute atomic E-state index is 13.3.